The number of hydrogen-bond donors (Lipinski definition) is 2. The van der Waals surface area contributed by atoms with E-state index in [9.17, 15) is 9.59 Å². The van der Waals surface area contributed by atoms with Crippen molar-refractivity contribution in [2.75, 3.05) is 37.6 Å². The number of carbonyl (C=O) groups is 2. The fraction of sp³-hybridized carbons (Fsp3) is 0.635. The number of benzene rings is 2. The summed E-state index contributed by atoms with van der Waals surface area (Å²) < 4.78 is 2.85. The SMILES string of the molecule is CCCCC(CC)CN(CC(CC)CCCC)C(=O)c1ccc(/N=N/c2c(C(C)(C)C)nn(-c3ncnc(-n4nc(C(C)(C)C)c(/N=N/c5ccc(C(=O)N(CC(CC)CCCC)CC(CC)CCCC)cc5)c4N)n3)c2N)cc1. The minimum atomic E-state index is -0.507. The van der Waals surface area contributed by atoms with Gasteiger partial charge in [-0.05, 0) is 97.9 Å². The Morgan fingerprint density at radius 1 is 0.487 bits per heavy atom. The Balaban J connectivity index is 1.41. The monoisotopic (exact) mass is 1100 g/mol. The summed E-state index contributed by atoms with van der Waals surface area (Å²) in [5.41, 5.74) is 17.0. The van der Waals surface area contributed by atoms with E-state index < -0.39 is 10.8 Å². The molecular formula is C63H99N15O2. The molecule has 4 atom stereocenters. The maximum atomic E-state index is 14.2. The minimum Gasteiger partial charge on any atom is -0.382 e. The highest BCUT2D eigenvalue weighted by molar-refractivity contribution is 5.95. The van der Waals surface area contributed by atoms with Gasteiger partial charge in [-0.1, -0.05) is 174 Å². The van der Waals surface area contributed by atoms with Gasteiger partial charge in [-0.15, -0.1) is 10.2 Å². The van der Waals surface area contributed by atoms with E-state index in [4.69, 9.17) is 26.6 Å². The second-order valence-corrected chi connectivity index (χ2v) is 24.2. The van der Waals surface area contributed by atoms with Crippen molar-refractivity contribution in [1.29, 1.82) is 0 Å². The quantitative estimate of drug-likeness (QED) is 0.0391. The molecule has 4 N–H and O–H groups in total. The van der Waals surface area contributed by atoms with Gasteiger partial charge in [0.2, 0.25) is 0 Å². The van der Waals surface area contributed by atoms with Crippen LogP contribution in [0.5, 0.6) is 0 Å². The molecule has 3 heterocycles. The van der Waals surface area contributed by atoms with Gasteiger partial charge in [-0.2, -0.15) is 44.7 Å². The van der Waals surface area contributed by atoms with E-state index in [0.29, 0.717) is 68.9 Å². The third kappa shape index (κ3) is 17.8. The summed E-state index contributed by atoms with van der Waals surface area (Å²) in [5, 5.41) is 28.4. The zero-order valence-electron chi connectivity index (χ0n) is 51.4. The molecule has 0 saturated heterocycles. The van der Waals surface area contributed by atoms with Crippen LogP contribution in [0.1, 0.15) is 232 Å². The Hall–Kier alpha value is -6.39. The predicted molar refractivity (Wildman–Crippen MR) is 327 cm³/mol. The van der Waals surface area contributed by atoms with E-state index >= 15 is 0 Å². The summed E-state index contributed by atoms with van der Waals surface area (Å²) in [4.78, 5) is 46.4. The third-order valence-electron chi connectivity index (χ3n) is 15.6. The molecule has 0 spiro atoms. The zero-order valence-corrected chi connectivity index (χ0v) is 51.4. The molecule has 0 saturated carbocycles. The largest absolute Gasteiger partial charge is 0.382 e. The van der Waals surface area contributed by atoms with Crippen molar-refractivity contribution in [3.05, 3.63) is 77.4 Å². The van der Waals surface area contributed by atoms with Gasteiger partial charge < -0.3 is 21.3 Å². The molecule has 2 aromatic carbocycles. The van der Waals surface area contributed by atoms with E-state index in [1.54, 1.807) is 0 Å². The lowest BCUT2D eigenvalue weighted by Crippen LogP contribution is -2.39. The van der Waals surface area contributed by atoms with Gasteiger partial charge in [-0.25, -0.2) is 0 Å². The molecule has 0 fully saturated rings. The van der Waals surface area contributed by atoms with Crippen molar-refractivity contribution in [3.63, 3.8) is 0 Å². The molecule has 0 aliphatic heterocycles. The van der Waals surface area contributed by atoms with Crippen molar-refractivity contribution < 1.29 is 9.59 Å². The van der Waals surface area contributed by atoms with Crippen LogP contribution in [0.15, 0.2) is 75.3 Å². The number of azo groups is 2. The van der Waals surface area contributed by atoms with Gasteiger partial charge in [0.1, 0.15) is 6.33 Å². The lowest BCUT2D eigenvalue weighted by molar-refractivity contribution is 0.0678. The van der Waals surface area contributed by atoms with E-state index in [-0.39, 0.29) is 35.3 Å². The molecule has 17 heteroatoms. The fourth-order valence-corrected chi connectivity index (χ4v) is 10.2. The highest BCUT2D eigenvalue weighted by Crippen LogP contribution is 2.40. The first-order valence-electron chi connectivity index (χ1n) is 30.3. The summed E-state index contributed by atoms with van der Waals surface area (Å²) in [6.45, 7) is 33.0. The molecule has 0 bridgehead atoms. The number of rotatable bonds is 32. The first kappa shape index (κ1) is 64.4. The minimum absolute atomic E-state index is 0.0527. The molecule has 3 aromatic heterocycles. The highest BCUT2D eigenvalue weighted by Gasteiger charge is 2.31. The van der Waals surface area contributed by atoms with Crippen molar-refractivity contribution in [1.82, 2.24) is 44.3 Å². The van der Waals surface area contributed by atoms with Crippen LogP contribution in [0.25, 0.3) is 11.9 Å². The van der Waals surface area contributed by atoms with Crippen molar-refractivity contribution in [2.24, 2.45) is 44.1 Å². The van der Waals surface area contributed by atoms with Gasteiger partial charge in [0.05, 0.1) is 22.8 Å². The summed E-state index contributed by atoms with van der Waals surface area (Å²) >= 11 is 0. The number of unbranched alkanes of at least 4 members (excludes halogenated alkanes) is 4. The Morgan fingerprint density at radius 3 is 1.05 bits per heavy atom. The topological polar surface area (TPSA) is 216 Å². The van der Waals surface area contributed by atoms with Crippen LogP contribution in [0.3, 0.4) is 0 Å². The lowest BCUT2D eigenvalue weighted by atomic mass is 9.91. The molecule has 438 valence electrons. The second kappa shape index (κ2) is 31.0. The highest BCUT2D eigenvalue weighted by atomic mass is 16.2. The molecule has 0 radical (unpaired) electrons. The number of hydrogen-bond acceptors (Lipinski definition) is 13. The molecule has 5 rings (SSSR count). The maximum Gasteiger partial charge on any atom is 0.257 e. The van der Waals surface area contributed by atoms with Crippen LogP contribution in [0.2, 0.25) is 0 Å². The first-order valence-corrected chi connectivity index (χ1v) is 30.3. The number of amides is 2. The molecular weight excluding hydrogens is 999 g/mol. The molecule has 0 aliphatic rings. The second-order valence-electron chi connectivity index (χ2n) is 24.2. The van der Waals surface area contributed by atoms with Crippen LogP contribution in [-0.4, -0.2) is 82.3 Å². The Kier molecular flexibility index (Phi) is 25.0. The standard InChI is InChI=1S/C63H99N15O2/c1-15-23-27-44(19-5)39-75(40-45(20-6)28-24-16-2)58(79)48-31-35-50(36-32-48)69-71-52-54(62(9,10)11)73-77(56(52)64)60-66-43-67-61(68-60)78-57(65)53(55(74-78)63(12,13)14)72-70-51-37-33-49(34-38-51)59(80)76(41-46(21-7)29-25-17-3)42-47(22-8)30-26-18-4/h31-38,43-47H,15-30,39-42,64-65H2,1-14H3/b71-69+,72-70+. The first-order chi connectivity index (χ1) is 38.2. The predicted octanol–water partition coefficient (Wildman–Crippen LogP) is 16.6. The van der Waals surface area contributed by atoms with Crippen molar-refractivity contribution in [3.8, 4) is 11.9 Å². The Bertz CT molecular complexity index is 2530. The number of nitrogens with zero attached hydrogens (tertiary/aromatic N) is 13. The van der Waals surface area contributed by atoms with Crippen LogP contribution in [-0.2, 0) is 10.8 Å². The summed E-state index contributed by atoms with van der Waals surface area (Å²) in [7, 11) is 0. The Morgan fingerprint density at radius 2 is 0.787 bits per heavy atom. The van der Waals surface area contributed by atoms with Crippen LogP contribution in [0.4, 0.5) is 34.4 Å². The lowest BCUT2D eigenvalue weighted by Gasteiger charge is -2.31. The number of nitrogens with two attached hydrogens (primary N) is 2. The van der Waals surface area contributed by atoms with Gasteiger partial charge >= 0.3 is 0 Å². The summed E-state index contributed by atoms with van der Waals surface area (Å²) in [6.07, 6.45) is 19.3. The zero-order chi connectivity index (χ0) is 58.6. The van der Waals surface area contributed by atoms with Gasteiger partial charge in [0.25, 0.3) is 23.7 Å². The van der Waals surface area contributed by atoms with Gasteiger partial charge in [-0.3, -0.25) is 9.59 Å². The Labute approximate surface area is 479 Å². The van der Waals surface area contributed by atoms with E-state index in [1.807, 2.05) is 90.1 Å². The number of nitrogen functional groups attached to an aromatic ring is 2. The molecule has 80 heavy (non-hydrogen) atoms. The van der Waals surface area contributed by atoms with E-state index in [1.165, 1.54) is 41.4 Å². The molecule has 0 aliphatic carbocycles. The average Bonchev–Trinajstić information content (AvgIpc) is 4.05. The number of anilines is 2. The van der Waals surface area contributed by atoms with Crippen LogP contribution in [0, 0.1) is 23.7 Å². The molecule has 2 amide bonds. The van der Waals surface area contributed by atoms with E-state index in [0.717, 1.165) is 103 Å². The van der Waals surface area contributed by atoms with Crippen LogP contribution < -0.4 is 11.5 Å². The number of carbonyl (C=O) groups excluding carboxylic acids is 2. The van der Waals surface area contributed by atoms with Crippen molar-refractivity contribution >= 4 is 46.2 Å². The molecule has 4 unspecified atom stereocenters. The van der Waals surface area contributed by atoms with E-state index in [2.05, 4.69) is 95.6 Å². The molecule has 17 nitrogen and oxygen atoms in total. The number of aromatic nitrogens is 7. The summed E-state index contributed by atoms with van der Waals surface area (Å²) in [5.74, 6) is 2.56. The smallest absolute Gasteiger partial charge is 0.257 e. The van der Waals surface area contributed by atoms with Gasteiger partial charge in [0.15, 0.2) is 23.0 Å². The normalized spacial score (nSPS) is 13.8. The maximum absolute atomic E-state index is 14.2. The average molecular weight is 1100 g/mol. The molecule has 5 aromatic rings. The van der Waals surface area contributed by atoms with Crippen molar-refractivity contribution in [2.45, 2.75) is 210 Å². The van der Waals surface area contributed by atoms with Crippen LogP contribution >= 0.6 is 0 Å². The van der Waals surface area contributed by atoms with Gasteiger partial charge in [0, 0.05) is 48.1 Å². The summed E-state index contributed by atoms with van der Waals surface area (Å²) in [6, 6.07) is 14.7. The fourth-order valence-electron chi connectivity index (χ4n) is 10.2. The third-order valence-corrected chi connectivity index (χ3v) is 15.6.